The van der Waals surface area contributed by atoms with E-state index in [-0.39, 0.29) is 24.5 Å². The van der Waals surface area contributed by atoms with E-state index in [1.165, 1.54) is 0 Å². The van der Waals surface area contributed by atoms with Crippen molar-refractivity contribution in [1.82, 2.24) is 0 Å². The number of carboxylic acid groups (broad SMARTS) is 1. The smallest absolute Gasteiger partial charge is 0.303 e. The zero-order chi connectivity index (χ0) is 7.84. The molecule has 0 radical (unpaired) electrons. The molecule has 3 atom stereocenters. The van der Waals surface area contributed by atoms with Crippen LogP contribution < -0.4 is 0 Å². The monoisotopic (exact) mass is 154 g/mol. The number of fused-ring (bicyclic) bond motifs is 2. The molecular weight excluding hydrogens is 144 g/mol. The highest BCUT2D eigenvalue weighted by Crippen LogP contribution is 2.35. The summed E-state index contributed by atoms with van der Waals surface area (Å²) in [5.41, 5.74) is 0. The molecule has 1 saturated heterocycles. The van der Waals surface area contributed by atoms with E-state index in [1.54, 1.807) is 0 Å². The zero-order valence-electron chi connectivity index (χ0n) is 6.06. The van der Waals surface area contributed by atoms with Gasteiger partial charge in [-0.25, -0.2) is 0 Å². The molecule has 2 aliphatic rings. The normalized spacial score (nSPS) is 39.8. The fourth-order valence-corrected chi connectivity index (χ4v) is 1.78. The molecule has 2 rings (SSSR count). The molecule has 0 spiro atoms. The van der Waals surface area contributed by atoms with Gasteiger partial charge in [-0.05, 0) is 6.42 Å². The molecule has 0 aromatic carbocycles. The van der Waals surface area contributed by atoms with Gasteiger partial charge >= 0.3 is 5.97 Å². The van der Waals surface area contributed by atoms with Crippen molar-refractivity contribution in [2.45, 2.75) is 25.0 Å². The Kier molecular flexibility index (Phi) is 1.46. The summed E-state index contributed by atoms with van der Waals surface area (Å²) in [6, 6.07) is 0. The highest BCUT2D eigenvalue weighted by molar-refractivity contribution is 5.67. The zero-order valence-corrected chi connectivity index (χ0v) is 6.06. The van der Waals surface area contributed by atoms with Crippen molar-refractivity contribution in [2.24, 2.45) is 5.92 Å². The van der Waals surface area contributed by atoms with Gasteiger partial charge in [-0.15, -0.1) is 0 Å². The Morgan fingerprint density at radius 2 is 2.45 bits per heavy atom. The van der Waals surface area contributed by atoms with Crippen LogP contribution in [0, 0.1) is 5.92 Å². The standard InChI is InChI=1S/C8H10O3/c9-8(10)4-5-3-6-1-2-7(5)11-6/h1-2,5-7H,3-4H2,(H,9,10). The quantitative estimate of drug-likeness (QED) is 0.598. The van der Waals surface area contributed by atoms with Crippen molar-refractivity contribution >= 4 is 5.97 Å². The van der Waals surface area contributed by atoms with Crippen LogP contribution in [0.1, 0.15) is 12.8 Å². The van der Waals surface area contributed by atoms with Gasteiger partial charge in [-0.1, -0.05) is 12.2 Å². The molecule has 3 nitrogen and oxygen atoms in total. The van der Waals surface area contributed by atoms with Crippen LogP contribution in [0.15, 0.2) is 12.2 Å². The lowest BCUT2D eigenvalue weighted by Gasteiger charge is -2.11. The number of hydrogen-bond acceptors (Lipinski definition) is 2. The Morgan fingerprint density at radius 1 is 1.64 bits per heavy atom. The fraction of sp³-hybridized carbons (Fsp3) is 0.625. The molecule has 0 aromatic heterocycles. The second-order valence-electron chi connectivity index (χ2n) is 3.12. The predicted molar refractivity (Wildman–Crippen MR) is 38.2 cm³/mol. The van der Waals surface area contributed by atoms with Crippen molar-refractivity contribution in [2.75, 3.05) is 0 Å². The van der Waals surface area contributed by atoms with Gasteiger partial charge in [0.25, 0.3) is 0 Å². The first-order chi connectivity index (χ1) is 5.25. The maximum absolute atomic E-state index is 10.4. The van der Waals surface area contributed by atoms with Crippen LogP contribution in [0.4, 0.5) is 0 Å². The lowest BCUT2D eigenvalue weighted by atomic mass is 9.92. The van der Waals surface area contributed by atoms with Gasteiger partial charge in [0.05, 0.1) is 18.6 Å². The predicted octanol–water partition coefficient (Wildman–Crippen LogP) is 0.805. The number of carbonyl (C=O) groups is 1. The highest BCUT2D eigenvalue weighted by atomic mass is 16.5. The summed E-state index contributed by atoms with van der Waals surface area (Å²) < 4.78 is 5.41. The third-order valence-electron chi connectivity index (χ3n) is 2.28. The molecule has 3 unspecified atom stereocenters. The van der Waals surface area contributed by atoms with Gasteiger partial charge in [0.15, 0.2) is 0 Å². The molecule has 0 aromatic rings. The SMILES string of the molecule is O=C(O)CC1CC2C=CC1O2. The molecule has 1 fully saturated rings. The van der Waals surface area contributed by atoms with Crippen molar-refractivity contribution in [3.63, 3.8) is 0 Å². The van der Waals surface area contributed by atoms with E-state index in [1.807, 2.05) is 12.2 Å². The molecule has 60 valence electrons. The number of rotatable bonds is 2. The van der Waals surface area contributed by atoms with Crippen LogP contribution in [0.5, 0.6) is 0 Å². The van der Waals surface area contributed by atoms with Crippen molar-refractivity contribution < 1.29 is 14.6 Å². The lowest BCUT2D eigenvalue weighted by molar-refractivity contribution is -0.138. The number of carboxylic acids is 1. The van der Waals surface area contributed by atoms with Gasteiger partial charge in [0.1, 0.15) is 0 Å². The average Bonchev–Trinajstić information content (AvgIpc) is 2.45. The van der Waals surface area contributed by atoms with Gasteiger partial charge in [0.2, 0.25) is 0 Å². The molecule has 0 aliphatic carbocycles. The summed E-state index contributed by atoms with van der Waals surface area (Å²) in [6.45, 7) is 0. The van der Waals surface area contributed by atoms with Crippen LogP contribution in [0.2, 0.25) is 0 Å². The minimum atomic E-state index is -0.723. The van der Waals surface area contributed by atoms with E-state index in [2.05, 4.69) is 0 Å². The Hall–Kier alpha value is -0.830. The molecule has 2 aliphatic heterocycles. The topological polar surface area (TPSA) is 46.5 Å². The van der Waals surface area contributed by atoms with Crippen LogP contribution in [-0.4, -0.2) is 23.3 Å². The summed E-state index contributed by atoms with van der Waals surface area (Å²) in [4.78, 5) is 10.4. The van der Waals surface area contributed by atoms with E-state index < -0.39 is 5.97 Å². The maximum atomic E-state index is 10.4. The van der Waals surface area contributed by atoms with E-state index in [9.17, 15) is 4.79 Å². The highest BCUT2D eigenvalue weighted by Gasteiger charge is 2.37. The Balaban J connectivity index is 1.98. The molecule has 3 heteroatoms. The summed E-state index contributed by atoms with van der Waals surface area (Å²) in [6.07, 6.45) is 5.39. The third kappa shape index (κ3) is 1.16. The summed E-state index contributed by atoms with van der Waals surface area (Å²) in [5.74, 6) is -0.512. The van der Waals surface area contributed by atoms with Crippen molar-refractivity contribution in [3.8, 4) is 0 Å². The van der Waals surface area contributed by atoms with Crippen LogP contribution in [-0.2, 0) is 9.53 Å². The first kappa shape index (κ1) is 6.85. The molecule has 0 amide bonds. The van der Waals surface area contributed by atoms with Gasteiger partial charge in [-0.2, -0.15) is 0 Å². The van der Waals surface area contributed by atoms with Gasteiger partial charge < -0.3 is 9.84 Å². The fourth-order valence-electron chi connectivity index (χ4n) is 1.78. The minimum absolute atomic E-state index is 0.0797. The number of hydrogen-bond donors (Lipinski definition) is 1. The molecule has 0 saturated carbocycles. The largest absolute Gasteiger partial charge is 0.481 e. The average molecular weight is 154 g/mol. The lowest BCUT2D eigenvalue weighted by Crippen LogP contribution is -2.16. The third-order valence-corrected chi connectivity index (χ3v) is 2.28. The van der Waals surface area contributed by atoms with Crippen molar-refractivity contribution in [3.05, 3.63) is 12.2 Å². The van der Waals surface area contributed by atoms with E-state index in [4.69, 9.17) is 9.84 Å². The number of ether oxygens (including phenoxy) is 1. The second kappa shape index (κ2) is 2.34. The van der Waals surface area contributed by atoms with E-state index in [0.29, 0.717) is 0 Å². The van der Waals surface area contributed by atoms with E-state index in [0.717, 1.165) is 6.42 Å². The Morgan fingerprint density at radius 3 is 2.91 bits per heavy atom. The number of aliphatic carboxylic acids is 1. The van der Waals surface area contributed by atoms with Crippen molar-refractivity contribution in [1.29, 1.82) is 0 Å². The first-order valence-electron chi connectivity index (χ1n) is 3.81. The second-order valence-corrected chi connectivity index (χ2v) is 3.12. The van der Waals surface area contributed by atoms with Crippen LogP contribution >= 0.6 is 0 Å². The van der Waals surface area contributed by atoms with Crippen LogP contribution in [0.25, 0.3) is 0 Å². The molecular formula is C8H10O3. The Labute approximate surface area is 64.7 Å². The summed E-state index contributed by atoms with van der Waals surface area (Å²) >= 11 is 0. The molecule has 2 heterocycles. The first-order valence-corrected chi connectivity index (χ1v) is 3.81. The molecule has 1 N–H and O–H groups in total. The van der Waals surface area contributed by atoms with Gasteiger partial charge in [-0.3, -0.25) is 4.79 Å². The maximum Gasteiger partial charge on any atom is 0.303 e. The molecule has 11 heavy (non-hydrogen) atoms. The van der Waals surface area contributed by atoms with Crippen LogP contribution in [0.3, 0.4) is 0 Å². The molecule has 2 bridgehead atoms. The Bertz CT molecular complexity index is 209. The van der Waals surface area contributed by atoms with Gasteiger partial charge in [0, 0.05) is 5.92 Å². The summed E-state index contributed by atoms with van der Waals surface area (Å²) in [5, 5.41) is 8.52. The van der Waals surface area contributed by atoms with E-state index >= 15 is 0 Å². The summed E-state index contributed by atoms with van der Waals surface area (Å²) in [7, 11) is 0. The minimum Gasteiger partial charge on any atom is -0.481 e.